The van der Waals surface area contributed by atoms with E-state index in [0.717, 1.165) is 41.9 Å². The van der Waals surface area contributed by atoms with Crippen LogP contribution in [0, 0.1) is 13.8 Å². The normalized spacial score (nSPS) is 11.7. The van der Waals surface area contributed by atoms with Crippen molar-refractivity contribution in [3.63, 3.8) is 0 Å². The highest BCUT2D eigenvalue weighted by Gasteiger charge is 2.04. The molecular weight excluding hydrogens is 336 g/mol. The van der Waals surface area contributed by atoms with Gasteiger partial charge in [-0.05, 0) is 32.4 Å². The molecule has 0 amide bonds. The topological polar surface area (TPSA) is 49.3 Å². The van der Waals surface area contributed by atoms with Crippen LogP contribution in [-0.2, 0) is 12.8 Å². The van der Waals surface area contributed by atoms with Crippen molar-refractivity contribution in [2.45, 2.75) is 26.7 Å². The Kier molecular flexibility index (Phi) is 6.67. The van der Waals surface area contributed by atoms with Crippen LogP contribution in [0.1, 0.15) is 20.5 Å². The Morgan fingerprint density at radius 2 is 1.91 bits per heavy atom. The lowest BCUT2D eigenvalue weighted by Crippen LogP contribution is -2.39. The number of aromatic nitrogens is 1. The summed E-state index contributed by atoms with van der Waals surface area (Å²) in [5.41, 5.74) is 1.14. The summed E-state index contributed by atoms with van der Waals surface area (Å²) < 4.78 is 0.839. The van der Waals surface area contributed by atoms with Crippen molar-refractivity contribution in [1.29, 1.82) is 0 Å². The van der Waals surface area contributed by atoms with Crippen LogP contribution in [0.25, 0.3) is 0 Å². The smallest absolute Gasteiger partial charge is 0.191 e. The highest BCUT2D eigenvalue weighted by Crippen LogP contribution is 2.21. The third kappa shape index (κ3) is 5.26. The quantitative estimate of drug-likeness (QED) is 0.616. The molecule has 22 heavy (non-hydrogen) atoms. The number of hydrogen-bond donors (Lipinski definition) is 2. The largest absolute Gasteiger partial charge is 0.356 e. The third-order valence-corrected chi connectivity index (χ3v) is 5.64. The molecule has 0 fully saturated rings. The first-order valence-corrected chi connectivity index (χ1v) is 9.21. The summed E-state index contributed by atoms with van der Waals surface area (Å²) in [5, 5.41) is 7.81. The van der Waals surface area contributed by atoms with E-state index in [0.29, 0.717) is 0 Å². The second kappa shape index (κ2) is 8.50. The summed E-state index contributed by atoms with van der Waals surface area (Å²) >= 11 is 9.32. The van der Waals surface area contributed by atoms with E-state index in [1.54, 1.807) is 29.7 Å². The predicted molar refractivity (Wildman–Crippen MR) is 97.7 cm³/mol. The summed E-state index contributed by atoms with van der Waals surface area (Å²) in [4.78, 5) is 11.4. The molecule has 2 aromatic rings. The molecule has 0 saturated heterocycles. The number of rotatable bonds is 6. The summed E-state index contributed by atoms with van der Waals surface area (Å²) in [6.45, 7) is 5.84. The average molecular weight is 357 g/mol. The minimum Gasteiger partial charge on any atom is -0.356 e. The van der Waals surface area contributed by atoms with Crippen molar-refractivity contribution in [2.24, 2.45) is 4.99 Å². The molecule has 0 bridgehead atoms. The molecule has 0 radical (unpaired) electrons. The molecule has 0 aliphatic rings. The molecule has 0 atom stereocenters. The van der Waals surface area contributed by atoms with E-state index in [1.165, 1.54) is 14.8 Å². The van der Waals surface area contributed by atoms with Crippen LogP contribution in [-0.4, -0.2) is 31.1 Å². The molecule has 0 aliphatic heterocycles. The summed E-state index contributed by atoms with van der Waals surface area (Å²) in [6, 6.07) is 4.00. The Hall–Kier alpha value is -1.11. The van der Waals surface area contributed by atoms with Crippen molar-refractivity contribution in [2.75, 3.05) is 20.1 Å². The number of hydrogen-bond acceptors (Lipinski definition) is 4. The maximum atomic E-state index is 5.93. The summed E-state index contributed by atoms with van der Waals surface area (Å²) in [6.07, 6.45) is 1.86. The SMILES string of the molecule is CN=C(NCCc1ccc(Cl)s1)NCCc1nc(C)c(C)s1. The molecule has 0 spiro atoms. The van der Waals surface area contributed by atoms with Gasteiger partial charge in [0.15, 0.2) is 5.96 Å². The Bertz CT molecular complexity index is 614. The number of aliphatic imine (C=N–C) groups is 1. The lowest BCUT2D eigenvalue weighted by molar-refractivity contribution is 0.784. The lowest BCUT2D eigenvalue weighted by atomic mass is 10.3. The average Bonchev–Trinajstić information content (AvgIpc) is 3.03. The van der Waals surface area contributed by atoms with Crippen molar-refractivity contribution >= 4 is 40.2 Å². The van der Waals surface area contributed by atoms with Gasteiger partial charge >= 0.3 is 0 Å². The van der Waals surface area contributed by atoms with E-state index >= 15 is 0 Å². The van der Waals surface area contributed by atoms with Gasteiger partial charge in [-0.2, -0.15) is 0 Å². The first-order valence-electron chi connectivity index (χ1n) is 7.20. The third-order valence-electron chi connectivity index (χ3n) is 3.22. The zero-order valence-electron chi connectivity index (χ0n) is 13.1. The Morgan fingerprint density at radius 1 is 1.18 bits per heavy atom. The Labute approximate surface area is 144 Å². The van der Waals surface area contributed by atoms with Gasteiger partial charge in [-0.1, -0.05) is 11.6 Å². The van der Waals surface area contributed by atoms with Gasteiger partial charge in [0.2, 0.25) is 0 Å². The van der Waals surface area contributed by atoms with Crippen LogP contribution >= 0.6 is 34.3 Å². The van der Waals surface area contributed by atoms with E-state index in [9.17, 15) is 0 Å². The van der Waals surface area contributed by atoms with Crippen molar-refractivity contribution < 1.29 is 0 Å². The Morgan fingerprint density at radius 3 is 2.45 bits per heavy atom. The maximum Gasteiger partial charge on any atom is 0.191 e. The summed E-state index contributed by atoms with van der Waals surface area (Å²) in [5.74, 6) is 0.827. The molecule has 2 rings (SSSR count). The maximum absolute atomic E-state index is 5.93. The first kappa shape index (κ1) is 17.2. The van der Waals surface area contributed by atoms with Gasteiger partial charge in [0.1, 0.15) is 0 Å². The first-order chi connectivity index (χ1) is 10.6. The lowest BCUT2D eigenvalue weighted by Gasteiger charge is -2.10. The van der Waals surface area contributed by atoms with Crippen molar-refractivity contribution in [3.8, 4) is 0 Å². The number of thiazole rings is 1. The van der Waals surface area contributed by atoms with Crippen molar-refractivity contribution in [3.05, 3.63) is 36.9 Å². The fourth-order valence-corrected chi connectivity index (χ4v) is 3.97. The molecule has 7 heteroatoms. The van der Waals surface area contributed by atoms with E-state index in [1.807, 2.05) is 6.07 Å². The number of nitrogens with zero attached hydrogens (tertiary/aromatic N) is 2. The van der Waals surface area contributed by atoms with E-state index < -0.39 is 0 Å². The zero-order chi connectivity index (χ0) is 15.9. The van der Waals surface area contributed by atoms with Crippen LogP contribution in [0.15, 0.2) is 17.1 Å². The van der Waals surface area contributed by atoms with Crippen LogP contribution in [0.4, 0.5) is 0 Å². The highest BCUT2D eigenvalue weighted by atomic mass is 35.5. The molecule has 0 unspecified atom stereocenters. The van der Waals surface area contributed by atoms with Gasteiger partial charge in [-0.3, -0.25) is 4.99 Å². The van der Waals surface area contributed by atoms with E-state index in [-0.39, 0.29) is 0 Å². The highest BCUT2D eigenvalue weighted by molar-refractivity contribution is 7.16. The molecule has 0 saturated carbocycles. The molecular formula is C15H21ClN4S2. The molecule has 2 N–H and O–H groups in total. The molecule has 2 aromatic heterocycles. The minimum atomic E-state index is 0.827. The van der Waals surface area contributed by atoms with E-state index in [4.69, 9.17) is 11.6 Å². The van der Waals surface area contributed by atoms with Crippen LogP contribution < -0.4 is 10.6 Å². The van der Waals surface area contributed by atoms with Gasteiger partial charge < -0.3 is 10.6 Å². The van der Waals surface area contributed by atoms with Crippen LogP contribution in [0.3, 0.4) is 0 Å². The molecule has 0 aliphatic carbocycles. The number of halogens is 1. The molecule has 0 aromatic carbocycles. The molecule has 4 nitrogen and oxygen atoms in total. The molecule has 120 valence electrons. The minimum absolute atomic E-state index is 0.827. The number of aryl methyl sites for hydroxylation is 2. The Balaban J connectivity index is 1.68. The number of nitrogens with one attached hydrogen (secondary N) is 2. The van der Waals surface area contributed by atoms with E-state index in [2.05, 4.69) is 40.5 Å². The fraction of sp³-hybridized carbons (Fsp3) is 0.467. The second-order valence-electron chi connectivity index (χ2n) is 4.88. The zero-order valence-corrected chi connectivity index (χ0v) is 15.5. The number of guanidine groups is 1. The van der Waals surface area contributed by atoms with Gasteiger partial charge in [0.25, 0.3) is 0 Å². The fourth-order valence-electron chi connectivity index (χ4n) is 1.94. The standard InChI is InChI=1S/C15H21ClN4S2/c1-10-11(2)21-14(20-10)7-9-19-15(17-3)18-8-6-12-4-5-13(16)22-12/h4-5H,6-9H2,1-3H3,(H2,17,18,19). The number of thiophene rings is 1. The van der Waals surface area contributed by atoms with Crippen molar-refractivity contribution in [1.82, 2.24) is 15.6 Å². The van der Waals surface area contributed by atoms with Crippen LogP contribution in [0.2, 0.25) is 4.34 Å². The van der Waals surface area contributed by atoms with Gasteiger partial charge in [-0.15, -0.1) is 22.7 Å². The van der Waals surface area contributed by atoms with Gasteiger partial charge in [0.05, 0.1) is 15.0 Å². The van der Waals surface area contributed by atoms with Crippen LogP contribution in [0.5, 0.6) is 0 Å². The monoisotopic (exact) mass is 356 g/mol. The van der Waals surface area contributed by atoms with Gasteiger partial charge in [-0.25, -0.2) is 4.98 Å². The predicted octanol–water partition coefficient (Wildman–Crippen LogP) is 3.43. The second-order valence-corrected chi connectivity index (χ2v) is 7.97. The molecule has 2 heterocycles. The summed E-state index contributed by atoms with van der Waals surface area (Å²) in [7, 11) is 1.79. The van der Waals surface area contributed by atoms with Gasteiger partial charge in [0, 0.05) is 36.3 Å².